The predicted octanol–water partition coefficient (Wildman–Crippen LogP) is 6.73. The second-order valence-corrected chi connectivity index (χ2v) is 6.68. The van der Waals surface area contributed by atoms with Gasteiger partial charge in [0, 0.05) is 15.2 Å². The number of alkyl halides is 1. The monoisotopic (exact) mass is 358 g/mol. The van der Waals surface area contributed by atoms with Gasteiger partial charge in [0.2, 0.25) is 0 Å². The molecule has 0 radical (unpaired) electrons. The van der Waals surface area contributed by atoms with E-state index in [0.717, 1.165) is 10.4 Å². The molecular weight excluding hydrogens is 344 g/mol. The molecule has 2 unspecified atom stereocenters. The van der Waals surface area contributed by atoms with Gasteiger partial charge < -0.3 is 0 Å². The number of halogens is 2. The fourth-order valence-electron chi connectivity index (χ4n) is 2.72. The summed E-state index contributed by atoms with van der Waals surface area (Å²) < 4.78 is 0. The molecule has 21 heavy (non-hydrogen) atoms. The lowest BCUT2D eigenvalue weighted by atomic mass is 9.91. The first-order valence-electron chi connectivity index (χ1n) is 7.04. The number of rotatable bonds is 3. The Morgan fingerprint density at radius 3 is 2.14 bits per heavy atom. The molecule has 0 amide bonds. The molecule has 0 fully saturated rings. The van der Waals surface area contributed by atoms with Crippen LogP contribution in [0.4, 0.5) is 0 Å². The van der Waals surface area contributed by atoms with Crippen LogP contribution in [0.2, 0.25) is 5.02 Å². The summed E-state index contributed by atoms with van der Waals surface area (Å²) in [5, 5.41) is 3.14. The van der Waals surface area contributed by atoms with Gasteiger partial charge in [-0.3, -0.25) is 0 Å². The molecule has 0 aliphatic rings. The lowest BCUT2D eigenvalue weighted by molar-refractivity contribution is 0.756. The van der Waals surface area contributed by atoms with Crippen molar-refractivity contribution in [2.45, 2.75) is 17.7 Å². The van der Waals surface area contributed by atoms with Gasteiger partial charge in [-0.25, -0.2) is 0 Å². The molecule has 3 aromatic rings. The minimum absolute atomic E-state index is 0.252. The van der Waals surface area contributed by atoms with Crippen LogP contribution in [0.15, 0.2) is 66.7 Å². The molecule has 0 spiro atoms. The van der Waals surface area contributed by atoms with E-state index in [2.05, 4.69) is 77.5 Å². The molecule has 0 aromatic heterocycles. The van der Waals surface area contributed by atoms with E-state index in [1.54, 1.807) is 0 Å². The first-order valence-corrected chi connectivity index (χ1v) is 8.34. The number of hydrogen-bond acceptors (Lipinski definition) is 0. The zero-order valence-electron chi connectivity index (χ0n) is 11.8. The van der Waals surface area contributed by atoms with Crippen molar-refractivity contribution in [2.24, 2.45) is 0 Å². The Labute approximate surface area is 138 Å². The molecule has 0 saturated heterocycles. The van der Waals surface area contributed by atoms with E-state index in [4.69, 9.17) is 11.6 Å². The molecule has 0 saturated carbocycles. The Kier molecular flexibility index (Phi) is 4.32. The molecule has 0 heterocycles. The van der Waals surface area contributed by atoms with Crippen LogP contribution in [0.25, 0.3) is 10.8 Å². The topological polar surface area (TPSA) is 0 Å². The number of fused-ring (bicyclic) bond motifs is 1. The van der Waals surface area contributed by atoms with Gasteiger partial charge in [-0.2, -0.15) is 0 Å². The van der Waals surface area contributed by atoms with Crippen LogP contribution in [0.1, 0.15) is 28.8 Å². The van der Waals surface area contributed by atoms with Gasteiger partial charge in [0.1, 0.15) is 0 Å². The minimum Gasteiger partial charge on any atom is -0.0837 e. The van der Waals surface area contributed by atoms with Gasteiger partial charge in [0.05, 0.1) is 0 Å². The molecule has 3 rings (SSSR count). The summed E-state index contributed by atoms with van der Waals surface area (Å²) in [6.07, 6.45) is 0. The van der Waals surface area contributed by atoms with Crippen LogP contribution < -0.4 is 0 Å². The lowest BCUT2D eigenvalue weighted by Crippen LogP contribution is -2.02. The summed E-state index contributed by atoms with van der Waals surface area (Å²) in [6, 6.07) is 23.0. The normalized spacial score (nSPS) is 14.0. The highest BCUT2D eigenvalue weighted by molar-refractivity contribution is 9.09. The maximum atomic E-state index is 6.31. The van der Waals surface area contributed by atoms with E-state index in [-0.39, 0.29) is 4.83 Å². The van der Waals surface area contributed by atoms with Crippen LogP contribution in [-0.4, -0.2) is 0 Å². The summed E-state index contributed by atoms with van der Waals surface area (Å²) in [5.41, 5.74) is 2.62. The molecular formula is C19H16BrCl. The SMILES string of the molecule is CC(c1ccccc1)C(Br)c1ccc(Cl)c2ccccc12. The molecule has 106 valence electrons. The summed E-state index contributed by atoms with van der Waals surface area (Å²) in [5.74, 6) is 0.385. The van der Waals surface area contributed by atoms with Crippen molar-refractivity contribution in [2.75, 3.05) is 0 Å². The third kappa shape index (κ3) is 2.86. The Morgan fingerprint density at radius 1 is 0.810 bits per heavy atom. The first kappa shape index (κ1) is 14.6. The van der Waals surface area contributed by atoms with Crippen molar-refractivity contribution in [3.63, 3.8) is 0 Å². The zero-order chi connectivity index (χ0) is 14.8. The summed E-state index contributed by atoms with van der Waals surface area (Å²) in [4.78, 5) is 0.252. The van der Waals surface area contributed by atoms with Gasteiger partial charge in [-0.05, 0) is 28.5 Å². The zero-order valence-corrected chi connectivity index (χ0v) is 14.1. The summed E-state index contributed by atoms with van der Waals surface area (Å²) >= 11 is 10.2. The van der Waals surface area contributed by atoms with Crippen LogP contribution in [0.5, 0.6) is 0 Å². The second-order valence-electron chi connectivity index (χ2n) is 5.28. The minimum atomic E-state index is 0.252. The van der Waals surface area contributed by atoms with Crippen LogP contribution in [0.3, 0.4) is 0 Å². The molecule has 0 aliphatic carbocycles. The highest BCUT2D eigenvalue weighted by Crippen LogP contribution is 2.41. The van der Waals surface area contributed by atoms with Gasteiger partial charge in [0.15, 0.2) is 0 Å². The number of hydrogen-bond donors (Lipinski definition) is 0. The van der Waals surface area contributed by atoms with E-state index < -0.39 is 0 Å². The predicted molar refractivity (Wildman–Crippen MR) is 95.5 cm³/mol. The van der Waals surface area contributed by atoms with E-state index in [9.17, 15) is 0 Å². The van der Waals surface area contributed by atoms with Crippen molar-refractivity contribution in [1.29, 1.82) is 0 Å². The fourth-order valence-corrected chi connectivity index (χ4v) is 3.65. The Bertz CT molecular complexity index is 752. The van der Waals surface area contributed by atoms with Gasteiger partial charge in [-0.1, -0.05) is 95.1 Å². The van der Waals surface area contributed by atoms with Crippen molar-refractivity contribution < 1.29 is 0 Å². The van der Waals surface area contributed by atoms with E-state index in [1.165, 1.54) is 16.5 Å². The third-order valence-corrected chi connectivity index (χ3v) is 5.58. The van der Waals surface area contributed by atoms with E-state index in [0.29, 0.717) is 5.92 Å². The van der Waals surface area contributed by atoms with Crippen LogP contribution in [0, 0.1) is 0 Å². The van der Waals surface area contributed by atoms with Crippen molar-refractivity contribution in [3.05, 3.63) is 82.9 Å². The van der Waals surface area contributed by atoms with Crippen molar-refractivity contribution in [1.82, 2.24) is 0 Å². The Balaban J connectivity index is 2.06. The largest absolute Gasteiger partial charge is 0.0837 e. The molecule has 0 bridgehead atoms. The highest BCUT2D eigenvalue weighted by Gasteiger charge is 2.20. The standard InChI is InChI=1S/C19H16BrCl/c1-13(14-7-3-2-4-8-14)19(20)17-11-12-18(21)16-10-6-5-9-15(16)17/h2-13,19H,1H3. The van der Waals surface area contributed by atoms with Crippen molar-refractivity contribution in [3.8, 4) is 0 Å². The Morgan fingerprint density at radius 2 is 1.43 bits per heavy atom. The summed E-state index contributed by atoms with van der Waals surface area (Å²) in [6.45, 7) is 2.25. The molecule has 2 atom stereocenters. The second kappa shape index (κ2) is 6.21. The molecule has 0 N–H and O–H groups in total. The quantitative estimate of drug-likeness (QED) is 0.455. The maximum Gasteiger partial charge on any atom is 0.0484 e. The number of benzene rings is 3. The van der Waals surface area contributed by atoms with E-state index >= 15 is 0 Å². The maximum absolute atomic E-state index is 6.31. The molecule has 0 nitrogen and oxygen atoms in total. The summed E-state index contributed by atoms with van der Waals surface area (Å²) in [7, 11) is 0. The Hall–Kier alpha value is -1.31. The average Bonchev–Trinajstić information content (AvgIpc) is 2.55. The van der Waals surface area contributed by atoms with Gasteiger partial charge in [-0.15, -0.1) is 0 Å². The van der Waals surface area contributed by atoms with Crippen LogP contribution >= 0.6 is 27.5 Å². The van der Waals surface area contributed by atoms with Gasteiger partial charge in [0.25, 0.3) is 0 Å². The first-order chi connectivity index (χ1) is 10.2. The fraction of sp³-hybridized carbons (Fsp3) is 0.158. The molecule has 3 aromatic carbocycles. The van der Waals surface area contributed by atoms with Gasteiger partial charge >= 0.3 is 0 Å². The highest BCUT2D eigenvalue weighted by atomic mass is 79.9. The smallest absolute Gasteiger partial charge is 0.0484 e. The van der Waals surface area contributed by atoms with Crippen LogP contribution in [-0.2, 0) is 0 Å². The third-order valence-electron chi connectivity index (χ3n) is 3.97. The molecule has 0 aliphatic heterocycles. The average molecular weight is 360 g/mol. The van der Waals surface area contributed by atoms with Crippen molar-refractivity contribution >= 4 is 38.3 Å². The molecule has 2 heteroatoms. The van der Waals surface area contributed by atoms with E-state index in [1.807, 2.05) is 12.1 Å². The lowest BCUT2D eigenvalue weighted by Gasteiger charge is -2.21.